The Bertz CT molecular complexity index is 759. The van der Waals surface area contributed by atoms with Gasteiger partial charge in [0.15, 0.2) is 0 Å². The number of nitrogens with one attached hydrogen (secondary N) is 1. The summed E-state index contributed by atoms with van der Waals surface area (Å²) in [4.78, 5) is 11.6. The zero-order valence-corrected chi connectivity index (χ0v) is 16.2. The van der Waals surface area contributed by atoms with Crippen molar-refractivity contribution in [2.45, 2.75) is 31.9 Å². The van der Waals surface area contributed by atoms with Crippen LogP contribution in [-0.4, -0.2) is 35.6 Å². The lowest BCUT2D eigenvalue weighted by Gasteiger charge is -2.24. The van der Waals surface area contributed by atoms with Gasteiger partial charge in [0.25, 0.3) is 0 Å². The van der Waals surface area contributed by atoms with E-state index in [2.05, 4.69) is 32.3 Å². The van der Waals surface area contributed by atoms with Crippen LogP contribution >= 0.6 is 24.8 Å². The number of aromatic nitrogens is 2. The molecule has 1 N–H and O–H groups in total. The van der Waals surface area contributed by atoms with E-state index >= 15 is 0 Å². The normalized spacial score (nSPS) is 23.3. The van der Waals surface area contributed by atoms with Crippen molar-refractivity contribution >= 4 is 30.6 Å². The molecule has 4 heterocycles. The highest BCUT2D eigenvalue weighted by Gasteiger charge is 2.36. The number of hydrogen-bond donors (Lipinski definition) is 1. The van der Waals surface area contributed by atoms with E-state index in [0.29, 0.717) is 12.6 Å². The molecule has 0 amide bonds. The first-order chi connectivity index (χ1) is 11.9. The highest BCUT2D eigenvalue weighted by atomic mass is 35.5. The zero-order valence-electron chi connectivity index (χ0n) is 14.6. The van der Waals surface area contributed by atoms with E-state index in [4.69, 9.17) is 4.74 Å². The van der Waals surface area contributed by atoms with Gasteiger partial charge in [-0.05, 0) is 36.9 Å². The second-order valence-corrected chi connectivity index (χ2v) is 7.06. The molecule has 0 unspecified atom stereocenters. The number of rotatable bonds is 1. The second kappa shape index (κ2) is 7.99. The molecule has 7 heteroatoms. The van der Waals surface area contributed by atoms with Crippen molar-refractivity contribution in [2.75, 3.05) is 24.5 Å². The predicted octanol–water partition coefficient (Wildman–Crippen LogP) is 2.99. The Morgan fingerprint density at radius 2 is 2.00 bits per heavy atom. The van der Waals surface area contributed by atoms with Gasteiger partial charge < -0.3 is 15.0 Å². The average Bonchev–Trinajstić information content (AvgIpc) is 2.96. The molecule has 3 aliphatic heterocycles. The second-order valence-electron chi connectivity index (χ2n) is 7.06. The molecule has 0 radical (unpaired) electrons. The van der Waals surface area contributed by atoms with Crippen LogP contribution in [0.2, 0.25) is 0 Å². The molecule has 0 spiro atoms. The van der Waals surface area contributed by atoms with Crippen LogP contribution in [0.15, 0.2) is 30.6 Å². The van der Waals surface area contributed by atoms with Crippen LogP contribution < -0.4 is 15.0 Å². The summed E-state index contributed by atoms with van der Waals surface area (Å²) in [5.41, 5.74) is 3.49. The molecular formula is C19H24Cl2N4O. The molecule has 3 aliphatic rings. The number of hydrogen-bond acceptors (Lipinski definition) is 5. The van der Waals surface area contributed by atoms with Crippen molar-refractivity contribution in [1.82, 2.24) is 15.3 Å². The van der Waals surface area contributed by atoms with Gasteiger partial charge in [-0.2, -0.15) is 0 Å². The molecule has 5 rings (SSSR count). The molecule has 2 fully saturated rings. The SMILES string of the molecule is Cl.Cl.c1ccc2c(c1)Cc1c(ncnc1N1C[C@@H]3CCCN[C@@H]3C1)CO2. The molecule has 2 atom stereocenters. The Balaban J connectivity index is 0.000000980. The third-order valence-electron chi connectivity index (χ3n) is 5.61. The van der Waals surface area contributed by atoms with E-state index in [1.54, 1.807) is 6.33 Å². The lowest BCUT2D eigenvalue weighted by Crippen LogP contribution is -2.40. The fraction of sp³-hybridized carbons (Fsp3) is 0.474. The minimum absolute atomic E-state index is 0. The Hall–Kier alpha value is -1.56. The van der Waals surface area contributed by atoms with Gasteiger partial charge in [-0.25, -0.2) is 9.97 Å². The lowest BCUT2D eigenvalue weighted by molar-refractivity contribution is 0.302. The van der Waals surface area contributed by atoms with Crippen molar-refractivity contribution in [1.29, 1.82) is 0 Å². The molecule has 5 nitrogen and oxygen atoms in total. The molecule has 26 heavy (non-hydrogen) atoms. The summed E-state index contributed by atoms with van der Waals surface area (Å²) < 4.78 is 5.97. The third-order valence-corrected chi connectivity index (χ3v) is 5.61. The number of fused-ring (bicyclic) bond motifs is 3. The monoisotopic (exact) mass is 394 g/mol. The van der Waals surface area contributed by atoms with Gasteiger partial charge in [0.2, 0.25) is 0 Å². The number of halogens is 2. The summed E-state index contributed by atoms with van der Waals surface area (Å²) in [5, 5.41) is 3.68. The van der Waals surface area contributed by atoms with Crippen LogP contribution in [0, 0.1) is 5.92 Å². The van der Waals surface area contributed by atoms with Gasteiger partial charge in [0.05, 0.1) is 5.69 Å². The fourth-order valence-corrected chi connectivity index (χ4v) is 4.36. The maximum atomic E-state index is 5.97. The van der Waals surface area contributed by atoms with E-state index in [1.807, 2.05) is 12.1 Å². The van der Waals surface area contributed by atoms with Crippen molar-refractivity contribution in [3.63, 3.8) is 0 Å². The Kier molecular flexibility index (Phi) is 5.90. The van der Waals surface area contributed by atoms with Gasteiger partial charge in [0.1, 0.15) is 24.5 Å². The van der Waals surface area contributed by atoms with Crippen molar-refractivity contribution in [2.24, 2.45) is 5.92 Å². The highest BCUT2D eigenvalue weighted by molar-refractivity contribution is 5.85. The van der Waals surface area contributed by atoms with Crippen LogP contribution in [0.4, 0.5) is 5.82 Å². The van der Waals surface area contributed by atoms with Crippen LogP contribution in [0.3, 0.4) is 0 Å². The number of para-hydroxylation sites is 1. The van der Waals surface area contributed by atoms with E-state index in [1.165, 1.54) is 24.0 Å². The largest absolute Gasteiger partial charge is 0.487 e. The van der Waals surface area contributed by atoms with Gasteiger partial charge >= 0.3 is 0 Å². The van der Waals surface area contributed by atoms with Crippen molar-refractivity contribution in [3.8, 4) is 5.75 Å². The fourth-order valence-electron chi connectivity index (χ4n) is 4.36. The van der Waals surface area contributed by atoms with E-state index in [9.17, 15) is 0 Å². The van der Waals surface area contributed by atoms with Crippen LogP contribution in [0.25, 0.3) is 0 Å². The number of anilines is 1. The Labute approximate surface area is 166 Å². The van der Waals surface area contributed by atoms with Gasteiger partial charge in [-0.15, -0.1) is 24.8 Å². The minimum atomic E-state index is 0. The first kappa shape index (κ1) is 19.2. The van der Waals surface area contributed by atoms with Crippen LogP contribution in [0.5, 0.6) is 5.75 Å². The third kappa shape index (κ3) is 3.36. The van der Waals surface area contributed by atoms with E-state index < -0.39 is 0 Å². The first-order valence-electron chi connectivity index (χ1n) is 8.90. The summed E-state index contributed by atoms with van der Waals surface area (Å²) in [6.45, 7) is 3.83. The van der Waals surface area contributed by atoms with Gasteiger partial charge in [0, 0.05) is 31.1 Å². The lowest BCUT2D eigenvalue weighted by atomic mass is 9.94. The minimum Gasteiger partial charge on any atom is -0.487 e. The van der Waals surface area contributed by atoms with Crippen molar-refractivity contribution in [3.05, 3.63) is 47.4 Å². The molecule has 2 saturated heterocycles. The number of nitrogens with zero attached hydrogens (tertiary/aromatic N) is 3. The topological polar surface area (TPSA) is 50.3 Å². The summed E-state index contributed by atoms with van der Waals surface area (Å²) in [5.74, 6) is 2.83. The van der Waals surface area contributed by atoms with Gasteiger partial charge in [-0.1, -0.05) is 18.2 Å². The number of benzene rings is 1. The molecule has 2 aromatic rings. The summed E-state index contributed by atoms with van der Waals surface area (Å²) in [7, 11) is 0. The maximum Gasteiger partial charge on any atom is 0.135 e. The van der Waals surface area contributed by atoms with E-state index in [-0.39, 0.29) is 24.8 Å². The zero-order chi connectivity index (χ0) is 15.9. The van der Waals surface area contributed by atoms with Crippen LogP contribution in [0.1, 0.15) is 29.7 Å². The van der Waals surface area contributed by atoms with Crippen LogP contribution in [-0.2, 0) is 13.0 Å². The quantitative estimate of drug-likeness (QED) is 0.805. The predicted molar refractivity (Wildman–Crippen MR) is 107 cm³/mol. The van der Waals surface area contributed by atoms with Crippen molar-refractivity contribution < 1.29 is 4.74 Å². The molecule has 0 aliphatic carbocycles. The molecule has 140 valence electrons. The maximum absolute atomic E-state index is 5.97. The number of ether oxygens (including phenoxy) is 1. The molecule has 0 bridgehead atoms. The highest BCUT2D eigenvalue weighted by Crippen LogP contribution is 2.34. The Morgan fingerprint density at radius 3 is 2.88 bits per heavy atom. The van der Waals surface area contributed by atoms with Gasteiger partial charge in [-0.3, -0.25) is 0 Å². The summed E-state index contributed by atoms with van der Waals surface area (Å²) in [6, 6.07) is 8.90. The molecular weight excluding hydrogens is 371 g/mol. The Morgan fingerprint density at radius 1 is 1.12 bits per heavy atom. The molecule has 1 aromatic carbocycles. The first-order valence-corrected chi connectivity index (χ1v) is 8.90. The molecule has 0 saturated carbocycles. The van der Waals surface area contributed by atoms with E-state index in [0.717, 1.165) is 49.2 Å². The molecule has 1 aromatic heterocycles. The smallest absolute Gasteiger partial charge is 0.135 e. The summed E-state index contributed by atoms with van der Waals surface area (Å²) >= 11 is 0. The average molecular weight is 395 g/mol. The number of piperidine rings is 1. The standard InChI is InChI=1S/C19H22N4O.2ClH/c1-2-6-18-13(4-1)8-15-17(11-24-18)21-12-22-19(15)23-9-14-5-3-7-20-16(14)10-23;;/h1-2,4,6,12,14,16,20H,3,5,7-11H2;2*1H/t14-,16+;;/m0../s1. The summed E-state index contributed by atoms with van der Waals surface area (Å²) in [6.07, 6.45) is 5.16.